The van der Waals surface area contributed by atoms with Crippen molar-refractivity contribution in [3.05, 3.63) is 70.2 Å². The Morgan fingerprint density at radius 1 is 1.11 bits per heavy atom. The van der Waals surface area contributed by atoms with Crippen LogP contribution < -0.4 is 4.74 Å². The number of hydrogen-bond acceptors (Lipinski definition) is 5. The standard InChI is InChI=1S/C21H20ClNO3S/c1-2-3-12-25-19-10-6-16(7-11-19)21(24)26-13-18-14-27-20(23-18)15-4-8-17(22)9-5-15/h4-11,14H,2-3,12-13H2,1H3. The second-order valence-corrected chi connectivity index (χ2v) is 7.25. The molecule has 0 unspecified atom stereocenters. The molecule has 0 aliphatic heterocycles. The van der Waals surface area contributed by atoms with Crippen LogP contribution in [0, 0.1) is 0 Å². The second-order valence-electron chi connectivity index (χ2n) is 5.95. The highest BCUT2D eigenvalue weighted by atomic mass is 35.5. The van der Waals surface area contributed by atoms with Crippen LogP contribution in [0.1, 0.15) is 35.8 Å². The van der Waals surface area contributed by atoms with Gasteiger partial charge in [-0.2, -0.15) is 0 Å². The van der Waals surface area contributed by atoms with Crippen LogP contribution in [0.4, 0.5) is 0 Å². The van der Waals surface area contributed by atoms with E-state index in [4.69, 9.17) is 21.1 Å². The van der Waals surface area contributed by atoms with Crippen LogP contribution in [-0.4, -0.2) is 17.6 Å². The fourth-order valence-electron chi connectivity index (χ4n) is 2.34. The zero-order valence-electron chi connectivity index (χ0n) is 15.0. The molecule has 3 rings (SSSR count). The van der Waals surface area contributed by atoms with E-state index in [0.29, 0.717) is 17.2 Å². The Morgan fingerprint density at radius 3 is 2.56 bits per heavy atom. The zero-order valence-corrected chi connectivity index (χ0v) is 16.6. The summed E-state index contributed by atoms with van der Waals surface area (Å²) >= 11 is 7.41. The quantitative estimate of drug-likeness (QED) is 0.343. The van der Waals surface area contributed by atoms with E-state index in [-0.39, 0.29) is 12.6 Å². The lowest BCUT2D eigenvalue weighted by atomic mass is 10.2. The number of halogens is 1. The van der Waals surface area contributed by atoms with E-state index >= 15 is 0 Å². The minimum Gasteiger partial charge on any atom is -0.494 e. The molecule has 0 N–H and O–H groups in total. The number of unbranched alkanes of at least 4 members (excludes halogenated alkanes) is 1. The Labute approximate surface area is 167 Å². The minimum absolute atomic E-state index is 0.137. The van der Waals surface area contributed by atoms with Crippen molar-refractivity contribution in [3.8, 4) is 16.3 Å². The highest BCUT2D eigenvalue weighted by molar-refractivity contribution is 7.13. The molecule has 0 saturated carbocycles. The molecule has 0 fully saturated rings. The van der Waals surface area contributed by atoms with Gasteiger partial charge in [-0.05, 0) is 42.8 Å². The summed E-state index contributed by atoms with van der Waals surface area (Å²) in [6, 6.07) is 14.5. The molecule has 27 heavy (non-hydrogen) atoms. The number of hydrogen-bond donors (Lipinski definition) is 0. The maximum atomic E-state index is 12.2. The van der Waals surface area contributed by atoms with Gasteiger partial charge in [0, 0.05) is 16.0 Å². The number of carbonyl (C=O) groups excluding carboxylic acids is 1. The van der Waals surface area contributed by atoms with Crippen LogP contribution in [0.3, 0.4) is 0 Å². The normalized spacial score (nSPS) is 10.6. The third-order valence-electron chi connectivity index (χ3n) is 3.85. The molecule has 0 spiro atoms. The van der Waals surface area contributed by atoms with E-state index < -0.39 is 0 Å². The first-order valence-corrected chi connectivity index (χ1v) is 10.0. The average molecular weight is 402 g/mol. The van der Waals surface area contributed by atoms with Crippen molar-refractivity contribution in [3.63, 3.8) is 0 Å². The molecule has 4 nitrogen and oxygen atoms in total. The Kier molecular flexibility index (Phi) is 6.85. The van der Waals surface area contributed by atoms with Gasteiger partial charge >= 0.3 is 5.97 Å². The molecule has 0 aliphatic rings. The maximum Gasteiger partial charge on any atom is 0.338 e. The van der Waals surface area contributed by atoms with Gasteiger partial charge in [0.25, 0.3) is 0 Å². The third kappa shape index (κ3) is 5.55. The summed E-state index contributed by atoms with van der Waals surface area (Å²) in [5, 5.41) is 3.44. The average Bonchev–Trinajstić information content (AvgIpc) is 3.16. The molecule has 2 aromatic carbocycles. The molecule has 3 aromatic rings. The first-order chi connectivity index (χ1) is 13.2. The van der Waals surface area contributed by atoms with Crippen molar-refractivity contribution in [1.82, 2.24) is 4.98 Å². The van der Waals surface area contributed by atoms with Crippen molar-refractivity contribution in [2.75, 3.05) is 6.61 Å². The van der Waals surface area contributed by atoms with Gasteiger partial charge in [-0.15, -0.1) is 11.3 Å². The van der Waals surface area contributed by atoms with Crippen LogP contribution in [0.5, 0.6) is 5.75 Å². The molecule has 0 saturated heterocycles. The molecular weight excluding hydrogens is 382 g/mol. The maximum absolute atomic E-state index is 12.2. The largest absolute Gasteiger partial charge is 0.494 e. The summed E-state index contributed by atoms with van der Waals surface area (Å²) < 4.78 is 11.0. The SMILES string of the molecule is CCCCOc1ccc(C(=O)OCc2csc(-c3ccc(Cl)cc3)n2)cc1. The predicted molar refractivity (Wildman–Crippen MR) is 109 cm³/mol. The summed E-state index contributed by atoms with van der Waals surface area (Å²) in [5.41, 5.74) is 2.20. The molecule has 0 aliphatic carbocycles. The molecule has 6 heteroatoms. The number of aromatic nitrogens is 1. The summed E-state index contributed by atoms with van der Waals surface area (Å²) in [6.45, 7) is 2.93. The number of carbonyl (C=O) groups is 1. The van der Waals surface area contributed by atoms with Gasteiger partial charge in [0.1, 0.15) is 17.4 Å². The number of ether oxygens (including phenoxy) is 2. The smallest absolute Gasteiger partial charge is 0.338 e. The summed E-state index contributed by atoms with van der Waals surface area (Å²) in [7, 11) is 0. The van der Waals surface area contributed by atoms with Gasteiger partial charge < -0.3 is 9.47 Å². The van der Waals surface area contributed by atoms with Gasteiger partial charge in [0.15, 0.2) is 0 Å². The fourth-order valence-corrected chi connectivity index (χ4v) is 3.28. The highest BCUT2D eigenvalue weighted by Gasteiger charge is 2.10. The van der Waals surface area contributed by atoms with Gasteiger partial charge in [0.05, 0.1) is 17.9 Å². The number of thiazole rings is 1. The van der Waals surface area contributed by atoms with Gasteiger partial charge in [-0.3, -0.25) is 0 Å². The summed E-state index contributed by atoms with van der Waals surface area (Å²) in [4.78, 5) is 16.7. The molecule has 140 valence electrons. The van der Waals surface area contributed by atoms with Crippen LogP contribution in [0.25, 0.3) is 10.6 Å². The highest BCUT2D eigenvalue weighted by Crippen LogP contribution is 2.25. The van der Waals surface area contributed by atoms with E-state index in [0.717, 1.165) is 34.9 Å². The van der Waals surface area contributed by atoms with Crippen molar-refractivity contribution in [2.45, 2.75) is 26.4 Å². The van der Waals surface area contributed by atoms with Gasteiger partial charge in [-0.1, -0.05) is 37.1 Å². The van der Waals surface area contributed by atoms with E-state index in [2.05, 4.69) is 11.9 Å². The molecule has 0 amide bonds. The van der Waals surface area contributed by atoms with Crippen molar-refractivity contribution < 1.29 is 14.3 Å². The van der Waals surface area contributed by atoms with Gasteiger partial charge in [-0.25, -0.2) is 9.78 Å². The number of esters is 1. The van der Waals surface area contributed by atoms with E-state index in [1.165, 1.54) is 11.3 Å². The second kappa shape index (κ2) is 9.53. The molecule has 1 aromatic heterocycles. The zero-order chi connectivity index (χ0) is 19.1. The number of rotatable bonds is 8. The van der Waals surface area contributed by atoms with Crippen LogP contribution in [0.15, 0.2) is 53.9 Å². The predicted octanol–water partition coefficient (Wildman–Crippen LogP) is 6.00. The molecular formula is C21H20ClNO3S. The monoisotopic (exact) mass is 401 g/mol. The van der Waals surface area contributed by atoms with Crippen molar-refractivity contribution in [2.24, 2.45) is 0 Å². The van der Waals surface area contributed by atoms with Crippen molar-refractivity contribution in [1.29, 1.82) is 0 Å². The van der Waals surface area contributed by atoms with E-state index in [1.807, 2.05) is 29.6 Å². The third-order valence-corrected chi connectivity index (χ3v) is 5.04. The first-order valence-electron chi connectivity index (χ1n) is 8.76. The van der Waals surface area contributed by atoms with E-state index in [9.17, 15) is 4.79 Å². The lowest BCUT2D eigenvalue weighted by Crippen LogP contribution is -2.05. The molecule has 1 heterocycles. The summed E-state index contributed by atoms with van der Waals surface area (Å²) in [6.07, 6.45) is 2.09. The number of benzene rings is 2. The summed E-state index contributed by atoms with van der Waals surface area (Å²) in [5.74, 6) is 0.378. The Morgan fingerprint density at radius 2 is 1.85 bits per heavy atom. The lowest BCUT2D eigenvalue weighted by Gasteiger charge is -2.06. The lowest BCUT2D eigenvalue weighted by molar-refractivity contribution is 0.0468. The van der Waals surface area contributed by atoms with Gasteiger partial charge in [0.2, 0.25) is 0 Å². The van der Waals surface area contributed by atoms with Crippen LogP contribution >= 0.6 is 22.9 Å². The molecule has 0 radical (unpaired) electrons. The molecule has 0 bridgehead atoms. The van der Waals surface area contributed by atoms with Crippen LogP contribution in [0.2, 0.25) is 5.02 Å². The number of nitrogens with zero attached hydrogens (tertiary/aromatic N) is 1. The fraction of sp³-hybridized carbons (Fsp3) is 0.238. The van der Waals surface area contributed by atoms with E-state index in [1.54, 1.807) is 24.3 Å². The molecule has 0 atom stereocenters. The van der Waals surface area contributed by atoms with Crippen LogP contribution in [-0.2, 0) is 11.3 Å². The Hall–Kier alpha value is -2.37. The van der Waals surface area contributed by atoms with Crippen molar-refractivity contribution >= 4 is 28.9 Å². The topological polar surface area (TPSA) is 48.4 Å². The first kappa shape index (κ1) is 19.4. The Balaban J connectivity index is 1.54. The Bertz CT molecular complexity index is 875. The minimum atomic E-state index is -0.379.